The van der Waals surface area contributed by atoms with E-state index in [1.165, 1.54) is 0 Å². The van der Waals surface area contributed by atoms with Crippen molar-refractivity contribution in [2.45, 2.75) is 25.9 Å². The third kappa shape index (κ3) is 1.64. The number of amides is 1. The fourth-order valence-corrected chi connectivity index (χ4v) is 2.53. The highest BCUT2D eigenvalue weighted by atomic mass is 16.3. The molecule has 0 aromatic heterocycles. The maximum atomic E-state index is 11.5. The van der Waals surface area contributed by atoms with Crippen molar-refractivity contribution in [1.82, 2.24) is 10.2 Å². The van der Waals surface area contributed by atoms with E-state index in [2.05, 4.69) is 5.32 Å². The van der Waals surface area contributed by atoms with Crippen molar-refractivity contribution in [2.75, 3.05) is 26.2 Å². The number of likely N-dealkylation sites (tertiary alicyclic amines) is 1. The minimum atomic E-state index is -0.848. The van der Waals surface area contributed by atoms with Crippen LogP contribution in [0.15, 0.2) is 0 Å². The molecule has 2 heterocycles. The van der Waals surface area contributed by atoms with Crippen LogP contribution >= 0.6 is 0 Å². The van der Waals surface area contributed by atoms with Gasteiger partial charge < -0.3 is 15.3 Å². The van der Waals surface area contributed by atoms with E-state index in [0.29, 0.717) is 5.41 Å². The SMILES string of the molecule is C[C@@H](O)C(=O)N1CCC2(CCNC2)C1. The topological polar surface area (TPSA) is 52.6 Å². The molecule has 4 nitrogen and oxygen atoms in total. The molecule has 2 atom stereocenters. The first-order chi connectivity index (χ1) is 6.63. The first kappa shape index (κ1) is 9.93. The van der Waals surface area contributed by atoms with Crippen LogP contribution < -0.4 is 5.32 Å². The number of nitrogens with one attached hydrogen (secondary N) is 1. The van der Waals surface area contributed by atoms with Gasteiger partial charge in [-0.2, -0.15) is 0 Å². The van der Waals surface area contributed by atoms with E-state index in [9.17, 15) is 9.90 Å². The van der Waals surface area contributed by atoms with Crippen molar-refractivity contribution < 1.29 is 9.90 Å². The maximum absolute atomic E-state index is 11.5. The predicted octanol–water partition coefficient (Wildman–Crippen LogP) is -0.421. The Balaban J connectivity index is 1.97. The standard InChI is InChI=1S/C10H18N2O2/c1-8(13)9(14)12-5-3-10(7-12)2-4-11-6-10/h8,11,13H,2-7H2,1H3/t8-,10?/m1/s1. The van der Waals surface area contributed by atoms with Crippen molar-refractivity contribution in [3.8, 4) is 0 Å². The molecule has 1 spiro atoms. The van der Waals surface area contributed by atoms with Crippen molar-refractivity contribution >= 4 is 5.91 Å². The van der Waals surface area contributed by atoms with Crippen LogP contribution in [0.25, 0.3) is 0 Å². The van der Waals surface area contributed by atoms with Gasteiger partial charge in [-0.05, 0) is 26.3 Å². The largest absolute Gasteiger partial charge is 0.384 e. The summed E-state index contributed by atoms with van der Waals surface area (Å²) in [6.45, 7) is 5.27. The summed E-state index contributed by atoms with van der Waals surface area (Å²) in [6.07, 6.45) is 1.40. The Morgan fingerprint density at radius 2 is 2.36 bits per heavy atom. The smallest absolute Gasteiger partial charge is 0.251 e. The summed E-state index contributed by atoms with van der Waals surface area (Å²) in [7, 11) is 0. The van der Waals surface area contributed by atoms with E-state index < -0.39 is 6.10 Å². The lowest BCUT2D eigenvalue weighted by Crippen LogP contribution is -2.38. The van der Waals surface area contributed by atoms with E-state index >= 15 is 0 Å². The molecule has 2 rings (SSSR count). The van der Waals surface area contributed by atoms with Gasteiger partial charge in [0.2, 0.25) is 0 Å². The molecule has 2 saturated heterocycles. The number of carbonyl (C=O) groups excluding carboxylic acids is 1. The van der Waals surface area contributed by atoms with E-state index in [4.69, 9.17) is 0 Å². The van der Waals surface area contributed by atoms with E-state index in [1.54, 1.807) is 11.8 Å². The van der Waals surface area contributed by atoms with Crippen molar-refractivity contribution in [3.05, 3.63) is 0 Å². The van der Waals surface area contributed by atoms with Crippen molar-refractivity contribution in [1.29, 1.82) is 0 Å². The molecule has 2 aliphatic heterocycles. The fraction of sp³-hybridized carbons (Fsp3) is 0.900. The van der Waals surface area contributed by atoms with Gasteiger partial charge in [-0.25, -0.2) is 0 Å². The van der Waals surface area contributed by atoms with Gasteiger partial charge in [0.25, 0.3) is 5.91 Å². The molecule has 2 fully saturated rings. The lowest BCUT2D eigenvalue weighted by atomic mass is 9.86. The predicted molar refractivity (Wildman–Crippen MR) is 52.8 cm³/mol. The summed E-state index contributed by atoms with van der Waals surface area (Å²) in [6, 6.07) is 0. The summed E-state index contributed by atoms with van der Waals surface area (Å²) in [4.78, 5) is 13.3. The average Bonchev–Trinajstić information content (AvgIpc) is 2.76. The molecule has 0 aromatic carbocycles. The van der Waals surface area contributed by atoms with Gasteiger partial charge in [0, 0.05) is 25.0 Å². The molecule has 0 radical (unpaired) electrons. The van der Waals surface area contributed by atoms with Crippen LogP contribution in [-0.2, 0) is 4.79 Å². The molecule has 0 aromatic rings. The quantitative estimate of drug-likeness (QED) is 0.601. The monoisotopic (exact) mass is 198 g/mol. The molecular weight excluding hydrogens is 180 g/mol. The molecular formula is C10H18N2O2. The van der Waals surface area contributed by atoms with E-state index in [0.717, 1.165) is 39.0 Å². The molecule has 14 heavy (non-hydrogen) atoms. The Labute approximate surface area is 84.3 Å². The molecule has 0 aliphatic carbocycles. The molecule has 2 N–H and O–H groups in total. The minimum absolute atomic E-state index is 0.117. The van der Waals surface area contributed by atoms with Gasteiger partial charge in [-0.3, -0.25) is 4.79 Å². The molecule has 80 valence electrons. The number of carbonyl (C=O) groups is 1. The lowest BCUT2D eigenvalue weighted by Gasteiger charge is -2.23. The second-order valence-electron chi connectivity index (χ2n) is 4.61. The van der Waals surface area contributed by atoms with Gasteiger partial charge in [0.15, 0.2) is 0 Å². The number of hydrogen-bond acceptors (Lipinski definition) is 3. The summed E-state index contributed by atoms with van der Waals surface area (Å²) in [5, 5.41) is 12.5. The van der Waals surface area contributed by atoms with Crippen LogP contribution in [0.5, 0.6) is 0 Å². The number of nitrogens with zero attached hydrogens (tertiary/aromatic N) is 1. The van der Waals surface area contributed by atoms with Crippen LogP contribution in [0, 0.1) is 5.41 Å². The summed E-state index contributed by atoms with van der Waals surface area (Å²) < 4.78 is 0. The van der Waals surface area contributed by atoms with Crippen molar-refractivity contribution in [2.24, 2.45) is 5.41 Å². The zero-order valence-corrected chi connectivity index (χ0v) is 8.62. The normalized spacial score (nSPS) is 34.0. The summed E-state index contributed by atoms with van der Waals surface area (Å²) in [5.74, 6) is -0.117. The first-order valence-corrected chi connectivity index (χ1v) is 5.31. The Bertz CT molecular complexity index is 234. The molecule has 0 saturated carbocycles. The molecule has 4 heteroatoms. The highest BCUT2D eigenvalue weighted by Crippen LogP contribution is 2.36. The molecule has 0 bridgehead atoms. The summed E-state index contributed by atoms with van der Waals surface area (Å²) in [5.41, 5.74) is 0.310. The second-order valence-corrected chi connectivity index (χ2v) is 4.61. The van der Waals surface area contributed by atoms with E-state index in [1.807, 2.05) is 0 Å². The number of hydrogen-bond donors (Lipinski definition) is 2. The van der Waals surface area contributed by atoms with E-state index in [-0.39, 0.29) is 5.91 Å². The molecule has 1 amide bonds. The summed E-state index contributed by atoms with van der Waals surface area (Å²) >= 11 is 0. The van der Waals surface area contributed by atoms with Crippen molar-refractivity contribution in [3.63, 3.8) is 0 Å². The Kier molecular flexibility index (Phi) is 2.49. The fourth-order valence-electron chi connectivity index (χ4n) is 2.53. The lowest BCUT2D eigenvalue weighted by molar-refractivity contribution is -0.138. The van der Waals surface area contributed by atoms with Crippen LogP contribution in [0.4, 0.5) is 0 Å². The van der Waals surface area contributed by atoms with Gasteiger partial charge in [0.1, 0.15) is 6.10 Å². The third-order valence-electron chi connectivity index (χ3n) is 3.44. The minimum Gasteiger partial charge on any atom is -0.384 e. The first-order valence-electron chi connectivity index (χ1n) is 5.31. The zero-order chi connectivity index (χ0) is 10.2. The number of aliphatic hydroxyl groups excluding tert-OH is 1. The Morgan fingerprint density at radius 1 is 1.57 bits per heavy atom. The number of aliphatic hydroxyl groups is 1. The molecule has 2 aliphatic rings. The van der Waals surface area contributed by atoms with Gasteiger partial charge >= 0.3 is 0 Å². The van der Waals surface area contributed by atoms with Crippen LogP contribution in [-0.4, -0.2) is 48.2 Å². The van der Waals surface area contributed by atoms with Crippen LogP contribution in [0.3, 0.4) is 0 Å². The third-order valence-corrected chi connectivity index (χ3v) is 3.44. The number of rotatable bonds is 1. The van der Waals surface area contributed by atoms with Gasteiger partial charge in [-0.1, -0.05) is 0 Å². The van der Waals surface area contributed by atoms with Gasteiger partial charge in [0.05, 0.1) is 0 Å². The zero-order valence-electron chi connectivity index (χ0n) is 8.62. The highest BCUT2D eigenvalue weighted by molar-refractivity contribution is 5.80. The average molecular weight is 198 g/mol. The Hall–Kier alpha value is -0.610. The maximum Gasteiger partial charge on any atom is 0.251 e. The van der Waals surface area contributed by atoms with Gasteiger partial charge in [-0.15, -0.1) is 0 Å². The van der Waals surface area contributed by atoms with Crippen LogP contribution in [0.1, 0.15) is 19.8 Å². The second kappa shape index (κ2) is 3.51. The molecule has 1 unspecified atom stereocenters. The highest BCUT2D eigenvalue weighted by Gasteiger charge is 2.42. The Morgan fingerprint density at radius 3 is 2.93 bits per heavy atom. The van der Waals surface area contributed by atoms with Crippen LogP contribution in [0.2, 0.25) is 0 Å².